The lowest BCUT2D eigenvalue weighted by molar-refractivity contribution is -0.116. The van der Waals surface area contributed by atoms with Crippen LogP contribution >= 0.6 is 0 Å². The second-order valence-electron chi connectivity index (χ2n) is 5.12. The van der Waals surface area contributed by atoms with Gasteiger partial charge in [0.1, 0.15) is 0 Å². The molecule has 1 aliphatic heterocycles. The van der Waals surface area contributed by atoms with Crippen molar-refractivity contribution in [2.24, 2.45) is 5.92 Å². The highest BCUT2D eigenvalue weighted by Crippen LogP contribution is 2.17. The van der Waals surface area contributed by atoms with Gasteiger partial charge in [0.15, 0.2) is 5.82 Å². The van der Waals surface area contributed by atoms with E-state index in [1.54, 1.807) is 0 Å². The third kappa shape index (κ3) is 3.32. The second kappa shape index (κ2) is 6.00. The van der Waals surface area contributed by atoms with Crippen LogP contribution in [0.25, 0.3) is 0 Å². The number of H-pyrrole nitrogens is 1. The SMILES string of the molecule is Cc1[nH]nc(NC(=O)CCC2CCCNC2)c1C. The third-order valence-electron chi connectivity index (χ3n) is 3.69. The minimum atomic E-state index is 0.0650. The lowest BCUT2D eigenvalue weighted by Crippen LogP contribution is -2.30. The minimum Gasteiger partial charge on any atom is -0.316 e. The van der Waals surface area contributed by atoms with Crippen LogP contribution in [0, 0.1) is 19.8 Å². The molecule has 1 fully saturated rings. The number of aromatic nitrogens is 2. The molecule has 2 rings (SSSR count). The molecule has 1 atom stereocenters. The number of anilines is 1. The van der Waals surface area contributed by atoms with Crippen molar-refractivity contribution in [3.8, 4) is 0 Å². The molecule has 2 heterocycles. The molecule has 1 aliphatic rings. The van der Waals surface area contributed by atoms with Crippen molar-refractivity contribution in [1.29, 1.82) is 0 Å². The first-order valence-electron chi connectivity index (χ1n) is 6.69. The van der Waals surface area contributed by atoms with Crippen molar-refractivity contribution in [1.82, 2.24) is 15.5 Å². The Kier molecular flexibility index (Phi) is 4.36. The van der Waals surface area contributed by atoms with Crippen molar-refractivity contribution < 1.29 is 4.79 Å². The molecule has 5 nitrogen and oxygen atoms in total. The fraction of sp³-hybridized carbons (Fsp3) is 0.692. The molecular weight excluding hydrogens is 228 g/mol. The Morgan fingerprint density at radius 2 is 2.33 bits per heavy atom. The lowest BCUT2D eigenvalue weighted by Gasteiger charge is -2.22. The summed E-state index contributed by atoms with van der Waals surface area (Å²) in [6.07, 6.45) is 4.00. The van der Waals surface area contributed by atoms with Gasteiger partial charge in [-0.25, -0.2) is 0 Å². The predicted molar refractivity (Wildman–Crippen MR) is 71.5 cm³/mol. The van der Waals surface area contributed by atoms with Crippen molar-refractivity contribution in [3.63, 3.8) is 0 Å². The van der Waals surface area contributed by atoms with Crippen LogP contribution < -0.4 is 10.6 Å². The van der Waals surface area contributed by atoms with Gasteiger partial charge < -0.3 is 10.6 Å². The van der Waals surface area contributed by atoms with Crippen LogP contribution in [-0.4, -0.2) is 29.2 Å². The van der Waals surface area contributed by atoms with E-state index in [0.717, 1.165) is 30.8 Å². The summed E-state index contributed by atoms with van der Waals surface area (Å²) < 4.78 is 0. The van der Waals surface area contributed by atoms with Gasteiger partial charge >= 0.3 is 0 Å². The Morgan fingerprint density at radius 3 is 2.94 bits per heavy atom. The smallest absolute Gasteiger partial charge is 0.225 e. The van der Waals surface area contributed by atoms with Gasteiger partial charge in [-0.1, -0.05) is 0 Å². The van der Waals surface area contributed by atoms with Crippen LogP contribution in [0.2, 0.25) is 0 Å². The minimum absolute atomic E-state index is 0.0650. The van der Waals surface area contributed by atoms with Crippen LogP contribution in [0.1, 0.15) is 36.9 Å². The highest BCUT2D eigenvalue weighted by Gasteiger charge is 2.15. The summed E-state index contributed by atoms with van der Waals surface area (Å²) >= 11 is 0. The van der Waals surface area contributed by atoms with Gasteiger partial charge in [0.2, 0.25) is 5.91 Å². The topological polar surface area (TPSA) is 69.8 Å². The van der Waals surface area contributed by atoms with Crippen LogP contribution in [-0.2, 0) is 4.79 Å². The highest BCUT2D eigenvalue weighted by molar-refractivity contribution is 5.90. The fourth-order valence-corrected chi connectivity index (χ4v) is 2.31. The number of aromatic amines is 1. The molecule has 1 aromatic heterocycles. The van der Waals surface area contributed by atoms with Crippen molar-refractivity contribution >= 4 is 11.7 Å². The van der Waals surface area contributed by atoms with Crippen LogP contribution in [0.4, 0.5) is 5.82 Å². The molecule has 1 aromatic rings. The largest absolute Gasteiger partial charge is 0.316 e. The average molecular weight is 250 g/mol. The monoisotopic (exact) mass is 250 g/mol. The van der Waals surface area contributed by atoms with Gasteiger partial charge in [0, 0.05) is 17.7 Å². The summed E-state index contributed by atoms with van der Waals surface area (Å²) in [5, 5.41) is 13.2. The first kappa shape index (κ1) is 13.1. The average Bonchev–Trinajstić information content (AvgIpc) is 2.70. The van der Waals surface area contributed by atoms with Crippen LogP contribution in [0.15, 0.2) is 0 Å². The maximum absolute atomic E-state index is 11.8. The third-order valence-corrected chi connectivity index (χ3v) is 3.69. The normalized spacial score (nSPS) is 19.8. The van der Waals surface area contributed by atoms with E-state index in [9.17, 15) is 4.79 Å². The number of rotatable bonds is 4. The number of hydrogen-bond acceptors (Lipinski definition) is 3. The van der Waals surface area contributed by atoms with E-state index in [0.29, 0.717) is 18.2 Å². The maximum atomic E-state index is 11.8. The summed E-state index contributed by atoms with van der Waals surface area (Å²) in [7, 11) is 0. The summed E-state index contributed by atoms with van der Waals surface area (Å²) in [6, 6.07) is 0. The second-order valence-corrected chi connectivity index (χ2v) is 5.12. The summed E-state index contributed by atoms with van der Waals surface area (Å²) in [5.41, 5.74) is 2.02. The highest BCUT2D eigenvalue weighted by atomic mass is 16.1. The number of nitrogens with one attached hydrogen (secondary N) is 3. The van der Waals surface area contributed by atoms with Crippen LogP contribution in [0.3, 0.4) is 0 Å². The number of nitrogens with zero attached hydrogens (tertiary/aromatic N) is 1. The van der Waals surface area contributed by atoms with E-state index < -0.39 is 0 Å². The predicted octanol–water partition coefficient (Wildman–Crippen LogP) is 1.74. The standard InChI is InChI=1S/C13H22N4O/c1-9-10(2)16-17-13(9)15-12(18)6-5-11-4-3-7-14-8-11/h11,14H,3-8H2,1-2H3,(H2,15,16,17,18). The first-order valence-corrected chi connectivity index (χ1v) is 6.69. The number of amides is 1. The van der Waals surface area contributed by atoms with Crippen molar-refractivity contribution in [3.05, 3.63) is 11.3 Å². The molecule has 1 amide bonds. The van der Waals surface area contributed by atoms with Crippen LogP contribution in [0.5, 0.6) is 0 Å². The quantitative estimate of drug-likeness (QED) is 0.762. The molecular formula is C13H22N4O. The molecule has 0 aromatic carbocycles. The summed E-state index contributed by atoms with van der Waals surface area (Å²) in [5.74, 6) is 1.38. The van der Waals surface area contributed by atoms with Crippen molar-refractivity contribution in [2.45, 2.75) is 39.5 Å². The van der Waals surface area contributed by atoms with Gasteiger partial charge in [-0.2, -0.15) is 5.10 Å². The zero-order valence-corrected chi connectivity index (χ0v) is 11.2. The number of carbonyl (C=O) groups is 1. The zero-order chi connectivity index (χ0) is 13.0. The molecule has 0 aliphatic carbocycles. The van der Waals surface area contributed by atoms with Gasteiger partial charge in [0.05, 0.1) is 0 Å². The van der Waals surface area contributed by atoms with E-state index in [2.05, 4.69) is 20.8 Å². The van der Waals surface area contributed by atoms with E-state index in [-0.39, 0.29) is 5.91 Å². The number of hydrogen-bond donors (Lipinski definition) is 3. The lowest BCUT2D eigenvalue weighted by atomic mass is 9.94. The molecule has 100 valence electrons. The molecule has 0 radical (unpaired) electrons. The molecule has 3 N–H and O–H groups in total. The van der Waals surface area contributed by atoms with Gasteiger partial charge in [0.25, 0.3) is 0 Å². The zero-order valence-electron chi connectivity index (χ0n) is 11.2. The molecule has 5 heteroatoms. The fourth-order valence-electron chi connectivity index (χ4n) is 2.31. The van der Waals surface area contributed by atoms with Gasteiger partial charge in [-0.15, -0.1) is 0 Å². The van der Waals surface area contributed by atoms with E-state index >= 15 is 0 Å². The Morgan fingerprint density at radius 1 is 1.50 bits per heavy atom. The Hall–Kier alpha value is -1.36. The molecule has 0 bridgehead atoms. The maximum Gasteiger partial charge on any atom is 0.225 e. The number of piperidine rings is 1. The molecule has 0 saturated carbocycles. The van der Waals surface area contributed by atoms with Crippen molar-refractivity contribution in [2.75, 3.05) is 18.4 Å². The summed E-state index contributed by atoms with van der Waals surface area (Å²) in [6.45, 7) is 6.08. The summed E-state index contributed by atoms with van der Waals surface area (Å²) in [4.78, 5) is 11.8. The van der Waals surface area contributed by atoms with E-state index in [1.165, 1.54) is 12.8 Å². The van der Waals surface area contributed by atoms with Gasteiger partial charge in [-0.3, -0.25) is 9.89 Å². The Bertz CT molecular complexity index is 407. The molecule has 18 heavy (non-hydrogen) atoms. The molecule has 1 saturated heterocycles. The van der Waals surface area contributed by atoms with Gasteiger partial charge in [-0.05, 0) is 52.1 Å². The van der Waals surface area contributed by atoms with E-state index in [4.69, 9.17) is 0 Å². The first-order chi connectivity index (χ1) is 8.66. The Labute approximate surface area is 108 Å². The molecule has 1 unspecified atom stereocenters. The Balaban J connectivity index is 1.76. The number of aryl methyl sites for hydroxylation is 1. The van der Waals surface area contributed by atoms with E-state index in [1.807, 2.05) is 13.8 Å². The number of carbonyl (C=O) groups excluding carboxylic acids is 1. The molecule has 0 spiro atoms.